The minimum absolute atomic E-state index is 0.0744. The van der Waals surface area contributed by atoms with Crippen LogP contribution >= 0.6 is 0 Å². The molecule has 0 aromatic heterocycles. The van der Waals surface area contributed by atoms with Gasteiger partial charge in [0.1, 0.15) is 6.10 Å². The Hall–Kier alpha value is -2.04. The number of para-hydroxylation sites is 1. The van der Waals surface area contributed by atoms with E-state index < -0.39 is 6.09 Å². The number of hydrogen-bond acceptors (Lipinski definition) is 4. The molecule has 2 amide bonds. The maximum Gasteiger partial charge on any atom is 0.421 e. The molecular formula is C13H15NO4. The van der Waals surface area contributed by atoms with Gasteiger partial charge in [0.05, 0.1) is 0 Å². The summed E-state index contributed by atoms with van der Waals surface area (Å²) < 4.78 is 10.8. The molecule has 0 saturated heterocycles. The number of amides is 2. The molecular weight excluding hydrogens is 234 g/mol. The highest BCUT2D eigenvalue weighted by Gasteiger charge is 2.25. The van der Waals surface area contributed by atoms with E-state index in [9.17, 15) is 9.59 Å². The molecule has 0 aliphatic carbocycles. The van der Waals surface area contributed by atoms with Crippen molar-refractivity contribution < 1.29 is 19.1 Å². The van der Waals surface area contributed by atoms with Gasteiger partial charge in [0.25, 0.3) is 0 Å². The summed E-state index contributed by atoms with van der Waals surface area (Å²) in [6.45, 7) is 3.25. The van der Waals surface area contributed by atoms with E-state index >= 15 is 0 Å². The van der Waals surface area contributed by atoms with Gasteiger partial charge in [0.15, 0.2) is 11.5 Å². The first-order chi connectivity index (χ1) is 8.49. The molecule has 0 fully saturated rings. The van der Waals surface area contributed by atoms with Crippen LogP contribution in [0, 0.1) is 0 Å². The van der Waals surface area contributed by atoms with Crippen molar-refractivity contribution >= 4 is 12.0 Å². The van der Waals surface area contributed by atoms with Crippen LogP contribution in [0.5, 0.6) is 11.5 Å². The third-order valence-electron chi connectivity index (χ3n) is 2.83. The van der Waals surface area contributed by atoms with Gasteiger partial charge in [-0.2, -0.15) is 0 Å². The van der Waals surface area contributed by atoms with Crippen LogP contribution < -0.4 is 9.47 Å². The molecule has 0 saturated carbocycles. The second-order valence-corrected chi connectivity index (χ2v) is 4.32. The highest BCUT2D eigenvalue weighted by Crippen LogP contribution is 2.37. The lowest BCUT2D eigenvalue weighted by Gasteiger charge is -2.14. The van der Waals surface area contributed by atoms with Gasteiger partial charge in [-0.3, -0.25) is 9.69 Å². The van der Waals surface area contributed by atoms with Gasteiger partial charge in [-0.25, -0.2) is 4.79 Å². The second-order valence-electron chi connectivity index (χ2n) is 4.32. The summed E-state index contributed by atoms with van der Waals surface area (Å²) in [4.78, 5) is 23.6. The molecule has 5 heteroatoms. The van der Waals surface area contributed by atoms with E-state index in [0.717, 1.165) is 16.9 Å². The number of imide groups is 1. The predicted molar refractivity (Wildman–Crippen MR) is 64.7 cm³/mol. The van der Waals surface area contributed by atoms with Crippen molar-refractivity contribution in [2.75, 3.05) is 7.05 Å². The Balaban J connectivity index is 2.19. The van der Waals surface area contributed by atoms with E-state index in [4.69, 9.17) is 9.47 Å². The lowest BCUT2D eigenvalue weighted by Crippen LogP contribution is -2.33. The molecule has 0 N–H and O–H groups in total. The van der Waals surface area contributed by atoms with E-state index in [-0.39, 0.29) is 12.0 Å². The number of nitrogens with zero attached hydrogens (tertiary/aromatic N) is 1. The van der Waals surface area contributed by atoms with Crippen molar-refractivity contribution in [1.82, 2.24) is 4.90 Å². The summed E-state index contributed by atoms with van der Waals surface area (Å²) in [5.74, 6) is 0.576. The number of benzene rings is 1. The molecule has 0 radical (unpaired) electrons. The number of carbonyl (C=O) groups is 2. The van der Waals surface area contributed by atoms with Crippen molar-refractivity contribution in [2.45, 2.75) is 26.4 Å². The number of hydrogen-bond donors (Lipinski definition) is 0. The number of carbonyl (C=O) groups excluding carboxylic acids is 2. The van der Waals surface area contributed by atoms with Crippen molar-refractivity contribution in [2.24, 2.45) is 0 Å². The van der Waals surface area contributed by atoms with Gasteiger partial charge in [-0.05, 0) is 13.0 Å². The van der Waals surface area contributed by atoms with Crippen LogP contribution in [0.25, 0.3) is 0 Å². The smallest absolute Gasteiger partial charge is 0.421 e. The molecule has 0 bridgehead atoms. The van der Waals surface area contributed by atoms with Crippen LogP contribution in [0.15, 0.2) is 18.2 Å². The van der Waals surface area contributed by atoms with Crippen molar-refractivity contribution in [1.29, 1.82) is 0 Å². The SMILES string of the molecule is CC(=O)N(C)C(=O)Oc1cccc2c1OC(C)C2. The van der Waals surface area contributed by atoms with Gasteiger partial charge in [-0.15, -0.1) is 0 Å². The molecule has 1 heterocycles. The summed E-state index contributed by atoms with van der Waals surface area (Å²) >= 11 is 0. The second kappa shape index (κ2) is 4.68. The van der Waals surface area contributed by atoms with Crippen LogP contribution in [0.4, 0.5) is 4.79 Å². The first-order valence-corrected chi connectivity index (χ1v) is 5.73. The Kier molecular flexibility index (Phi) is 3.23. The Morgan fingerprint density at radius 1 is 1.44 bits per heavy atom. The Labute approximate surface area is 105 Å². The minimum Gasteiger partial charge on any atom is -0.486 e. The molecule has 1 aliphatic heterocycles. The molecule has 5 nitrogen and oxygen atoms in total. The van der Waals surface area contributed by atoms with Crippen molar-refractivity contribution in [3.8, 4) is 11.5 Å². The fourth-order valence-corrected chi connectivity index (χ4v) is 1.78. The monoisotopic (exact) mass is 249 g/mol. The molecule has 1 aromatic rings. The molecule has 2 rings (SSSR count). The van der Waals surface area contributed by atoms with Gasteiger partial charge < -0.3 is 9.47 Å². The molecule has 1 atom stereocenters. The van der Waals surface area contributed by atoms with Gasteiger partial charge in [0, 0.05) is 26.0 Å². The third-order valence-corrected chi connectivity index (χ3v) is 2.83. The van der Waals surface area contributed by atoms with Crippen LogP contribution in [-0.2, 0) is 11.2 Å². The van der Waals surface area contributed by atoms with Crippen LogP contribution in [0.1, 0.15) is 19.4 Å². The molecule has 1 unspecified atom stereocenters. The average molecular weight is 249 g/mol. The molecule has 96 valence electrons. The number of fused-ring (bicyclic) bond motifs is 1. The van der Waals surface area contributed by atoms with E-state index in [0.29, 0.717) is 11.5 Å². The topological polar surface area (TPSA) is 55.8 Å². The zero-order valence-corrected chi connectivity index (χ0v) is 10.6. The first-order valence-electron chi connectivity index (χ1n) is 5.73. The van der Waals surface area contributed by atoms with E-state index in [1.54, 1.807) is 12.1 Å². The summed E-state index contributed by atoms with van der Waals surface area (Å²) in [6, 6.07) is 5.39. The van der Waals surface area contributed by atoms with Crippen molar-refractivity contribution in [3.63, 3.8) is 0 Å². The van der Waals surface area contributed by atoms with Gasteiger partial charge in [-0.1, -0.05) is 12.1 Å². The zero-order chi connectivity index (χ0) is 13.3. The number of ether oxygens (including phenoxy) is 2. The van der Waals surface area contributed by atoms with E-state index in [1.165, 1.54) is 14.0 Å². The maximum absolute atomic E-state index is 11.7. The molecule has 0 spiro atoms. The normalized spacial score (nSPS) is 16.7. The highest BCUT2D eigenvalue weighted by atomic mass is 16.6. The lowest BCUT2D eigenvalue weighted by molar-refractivity contribution is -0.125. The third kappa shape index (κ3) is 2.30. The minimum atomic E-state index is -0.709. The fourth-order valence-electron chi connectivity index (χ4n) is 1.78. The van der Waals surface area contributed by atoms with Gasteiger partial charge >= 0.3 is 6.09 Å². The van der Waals surface area contributed by atoms with Gasteiger partial charge in [0.2, 0.25) is 5.91 Å². The molecule has 18 heavy (non-hydrogen) atoms. The Morgan fingerprint density at radius 3 is 2.83 bits per heavy atom. The standard InChI is InChI=1S/C13H15NO4/c1-8-7-10-5-4-6-11(12(10)17-8)18-13(16)14(3)9(2)15/h4-6,8H,7H2,1-3H3. The summed E-state index contributed by atoms with van der Waals surface area (Å²) in [5, 5.41) is 0. The zero-order valence-electron chi connectivity index (χ0n) is 10.6. The quantitative estimate of drug-likeness (QED) is 0.763. The number of rotatable bonds is 1. The summed E-state index contributed by atoms with van der Waals surface area (Å²) in [7, 11) is 1.37. The maximum atomic E-state index is 11.7. The fraction of sp³-hybridized carbons (Fsp3) is 0.385. The first kappa shape index (κ1) is 12.4. The Morgan fingerprint density at radius 2 is 2.17 bits per heavy atom. The highest BCUT2D eigenvalue weighted by molar-refractivity contribution is 5.91. The lowest BCUT2D eigenvalue weighted by atomic mass is 10.1. The molecule has 1 aromatic carbocycles. The average Bonchev–Trinajstić information content (AvgIpc) is 2.69. The Bertz CT molecular complexity index is 498. The van der Waals surface area contributed by atoms with Crippen LogP contribution in [-0.4, -0.2) is 30.1 Å². The summed E-state index contributed by atoms with van der Waals surface area (Å²) in [5.41, 5.74) is 1.01. The molecule has 1 aliphatic rings. The largest absolute Gasteiger partial charge is 0.486 e. The predicted octanol–water partition coefficient (Wildman–Crippen LogP) is 1.99. The van der Waals surface area contributed by atoms with Crippen LogP contribution in [0.3, 0.4) is 0 Å². The summed E-state index contributed by atoms with van der Waals surface area (Å²) in [6.07, 6.45) is 0.160. The van der Waals surface area contributed by atoms with Crippen molar-refractivity contribution in [3.05, 3.63) is 23.8 Å². The van der Waals surface area contributed by atoms with E-state index in [1.807, 2.05) is 13.0 Å². The van der Waals surface area contributed by atoms with Crippen LogP contribution in [0.2, 0.25) is 0 Å². The van der Waals surface area contributed by atoms with E-state index in [2.05, 4.69) is 0 Å².